The van der Waals surface area contributed by atoms with E-state index < -0.39 is 0 Å². The number of rotatable bonds is 18. The van der Waals surface area contributed by atoms with E-state index in [1.54, 1.807) is 46.1 Å². The monoisotopic (exact) mass is 1440 g/mol. The number of anilines is 3. The van der Waals surface area contributed by atoms with Gasteiger partial charge in [0.1, 0.15) is 5.69 Å². The number of para-hydroxylation sites is 5. The minimum absolute atomic E-state index is 0.146. The number of hydrogen-bond donors (Lipinski definition) is 6. The lowest BCUT2D eigenvalue weighted by Gasteiger charge is -2.26. The molecule has 10 heterocycles. The zero-order valence-electron chi connectivity index (χ0n) is 57.5. The number of aliphatic hydroxyl groups excluding tert-OH is 1. The van der Waals surface area contributed by atoms with Gasteiger partial charge in [0.25, 0.3) is 17.7 Å². The second-order valence-electron chi connectivity index (χ2n) is 25.5. The Balaban J connectivity index is 0.000000126. The van der Waals surface area contributed by atoms with Gasteiger partial charge in [-0.1, -0.05) is 97.1 Å². The van der Waals surface area contributed by atoms with Crippen molar-refractivity contribution in [3.63, 3.8) is 0 Å². The first-order valence-electron chi connectivity index (χ1n) is 34.4. The van der Waals surface area contributed by atoms with Gasteiger partial charge in [-0.3, -0.25) is 47.3 Å². The molecule has 3 saturated heterocycles. The van der Waals surface area contributed by atoms with Crippen molar-refractivity contribution in [1.82, 2.24) is 63.5 Å². The Kier molecular flexibility index (Phi) is 20.9. The number of fused-ring (bicyclic) bond motifs is 5. The van der Waals surface area contributed by atoms with Crippen LogP contribution in [-0.2, 0) is 19.6 Å². The summed E-state index contributed by atoms with van der Waals surface area (Å²) in [5, 5.41) is 34.4. The number of carbonyl (C=O) groups excluding carboxylic acids is 3. The molecule has 0 spiro atoms. The number of imidazole rings is 3. The molecule has 17 rings (SSSR count). The number of thiazole rings is 3. The number of aliphatic hydroxyl groups is 1. The van der Waals surface area contributed by atoms with E-state index in [2.05, 4.69) is 86.8 Å². The van der Waals surface area contributed by atoms with Gasteiger partial charge in [0.05, 0.1) is 78.8 Å². The van der Waals surface area contributed by atoms with Gasteiger partial charge in [-0.05, 0) is 71.8 Å². The Bertz CT molecular complexity index is 5180. The van der Waals surface area contributed by atoms with Crippen molar-refractivity contribution in [3.05, 3.63) is 226 Å². The Hall–Kier alpha value is -10.8. The summed E-state index contributed by atoms with van der Waals surface area (Å²) in [6.07, 6.45) is 8.25. The third-order valence-corrected chi connectivity index (χ3v) is 21.3. The van der Waals surface area contributed by atoms with Crippen molar-refractivity contribution >= 4 is 105 Å². The molecular formula is C78H76N16O7S3. The topological polar surface area (TPSA) is 247 Å². The molecule has 528 valence electrons. The van der Waals surface area contributed by atoms with Crippen LogP contribution in [-0.4, -0.2) is 169 Å². The highest BCUT2D eigenvalue weighted by Crippen LogP contribution is 2.40. The molecule has 1 atom stereocenters. The van der Waals surface area contributed by atoms with Gasteiger partial charge < -0.3 is 45.9 Å². The molecule has 3 aliphatic rings. The Labute approximate surface area is 611 Å². The quantitative estimate of drug-likeness (QED) is 0.0467. The SMILES string of the molecule is COc1cc(C(=O)Nc2ccccc2-c2cn3c(CN4CCNCC4)csc3n2)cc(OC)c1OC.O=C(Nc1ccccc1-c1cn2c(CN3CCNCC3)csc2n1)c1cnc2ccccc2n1.O=C(Nc1ccccc1-c1cn2c(CN3CC[C@@H](O)C3)csc2n1)c1ccc2ccccc2c1. The second kappa shape index (κ2) is 31.4. The number of β-amino-alcohol motifs (C(OH)–C–C–N with tert-alkyl or cyclic N) is 1. The molecular weight excluding hydrogens is 1370 g/mol. The lowest BCUT2D eigenvalue weighted by atomic mass is 10.1. The number of methoxy groups -OCH3 is 3. The molecule has 26 heteroatoms. The molecule has 23 nitrogen and oxygen atoms in total. The molecule has 6 N–H and O–H groups in total. The fraction of sp³-hybridized carbons (Fsp3) is 0.231. The summed E-state index contributed by atoms with van der Waals surface area (Å²) in [4.78, 5) is 72.6. The van der Waals surface area contributed by atoms with Gasteiger partial charge in [-0.25, -0.2) is 19.9 Å². The minimum Gasteiger partial charge on any atom is -0.493 e. The molecule has 0 aliphatic carbocycles. The minimum atomic E-state index is -0.300. The average Bonchev–Trinajstić information content (AvgIpc) is 1.63. The van der Waals surface area contributed by atoms with Crippen LogP contribution in [0.25, 0.3) is 70.5 Å². The van der Waals surface area contributed by atoms with Gasteiger partial charge in [0, 0.05) is 165 Å². The number of carbonyl (C=O) groups is 3. The van der Waals surface area contributed by atoms with Crippen molar-refractivity contribution in [1.29, 1.82) is 0 Å². The zero-order valence-corrected chi connectivity index (χ0v) is 59.9. The summed E-state index contributed by atoms with van der Waals surface area (Å²) in [6, 6.07) is 47.7. The van der Waals surface area contributed by atoms with E-state index in [1.165, 1.54) is 38.9 Å². The van der Waals surface area contributed by atoms with E-state index in [-0.39, 0.29) is 29.5 Å². The zero-order chi connectivity index (χ0) is 71.0. The summed E-state index contributed by atoms with van der Waals surface area (Å²) in [7, 11) is 4.57. The van der Waals surface area contributed by atoms with E-state index in [0.717, 1.165) is 161 Å². The molecule has 0 bridgehead atoms. The number of aromatic nitrogens is 8. The van der Waals surface area contributed by atoms with E-state index in [9.17, 15) is 19.5 Å². The van der Waals surface area contributed by atoms with Crippen molar-refractivity contribution in [2.75, 3.05) is 103 Å². The fourth-order valence-corrected chi connectivity index (χ4v) is 15.8. The lowest BCUT2D eigenvalue weighted by Crippen LogP contribution is -2.43. The third kappa shape index (κ3) is 15.3. The normalized spacial score (nSPS) is 15.0. The van der Waals surface area contributed by atoms with Crippen LogP contribution in [0.1, 0.15) is 54.7 Å². The maximum Gasteiger partial charge on any atom is 0.275 e. The molecule has 3 aliphatic heterocycles. The van der Waals surface area contributed by atoms with Crippen LogP contribution in [0.4, 0.5) is 17.1 Å². The van der Waals surface area contributed by atoms with Crippen LogP contribution >= 0.6 is 34.0 Å². The van der Waals surface area contributed by atoms with Crippen LogP contribution in [0.2, 0.25) is 0 Å². The number of benzene rings is 7. The number of ether oxygens (including phenoxy) is 3. The average molecular weight is 1450 g/mol. The molecule has 3 fully saturated rings. The molecule has 3 amide bonds. The van der Waals surface area contributed by atoms with Gasteiger partial charge in [0.2, 0.25) is 5.75 Å². The molecule has 0 unspecified atom stereocenters. The molecule has 104 heavy (non-hydrogen) atoms. The summed E-state index contributed by atoms with van der Waals surface area (Å²) in [5.41, 5.74) is 13.5. The highest BCUT2D eigenvalue weighted by Gasteiger charge is 2.25. The highest BCUT2D eigenvalue weighted by molar-refractivity contribution is 7.15. The standard InChI is InChI=1S/C27H24N4O2S.C26H29N5O4S.C25H23N7OS/c32-22-11-12-30(15-22)14-21-17-34-27-29-25(16-31(21)27)23-7-3-4-8-24(23)28-26(33)20-10-9-18-5-1-2-6-19(18)13-20;1-33-22-12-17(13-23(34-2)24(22)35-3)25(32)28-20-7-5-4-6-19(20)21-15-31-18(16-36-26(31)29-21)14-30-10-8-27-9-11-30;33-24(22-13-27-20-7-3-4-8-21(20)28-22)29-19-6-2-1-5-18(19)23-15-32-17(16-34-25(32)30-23)14-31-11-9-26-10-12-31/h1-10,13,16-17,22,32H,11-12,14-15H2,(H,28,33);4-7,12-13,15-16,27H,8-11,14H2,1-3H3,(H,28,32);1-8,13,15-16,26H,9-12,14H2,(H,29,33)/t22-;;/m1../s1. The van der Waals surface area contributed by atoms with E-state index in [1.807, 2.05) is 152 Å². The first-order valence-corrected chi connectivity index (χ1v) is 37.0. The Morgan fingerprint density at radius 1 is 0.481 bits per heavy atom. The summed E-state index contributed by atoms with van der Waals surface area (Å²) >= 11 is 4.88. The van der Waals surface area contributed by atoms with E-state index in [4.69, 9.17) is 29.2 Å². The largest absolute Gasteiger partial charge is 0.493 e. The molecule has 0 radical (unpaired) electrons. The van der Waals surface area contributed by atoms with E-state index >= 15 is 0 Å². The van der Waals surface area contributed by atoms with Crippen LogP contribution < -0.4 is 40.8 Å². The number of amides is 3. The van der Waals surface area contributed by atoms with Gasteiger partial charge in [-0.15, -0.1) is 34.0 Å². The molecule has 14 aromatic rings. The van der Waals surface area contributed by atoms with Crippen molar-refractivity contribution in [2.45, 2.75) is 32.2 Å². The Morgan fingerprint density at radius 2 is 0.923 bits per heavy atom. The van der Waals surface area contributed by atoms with Crippen molar-refractivity contribution < 1.29 is 33.7 Å². The number of nitrogens with zero attached hydrogens (tertiary/aromatic N) is 11. The van der Waals surface area contributed by atoms with Gasteiger partial charge >= 0.3 is 0 Å². The maximum absolute atomic E-state index is 13.2. The first-order chi connectivity index (χ1) is 51.0. The fourth-order valence-electron chi connectivity index (χ4n) is 13.2. The predicted octanol–water partition coefficient (Wildman–Crippen LogP) is 12.4. The Morgan fingerprint density at radius 3 is 1.40 bits per heavy atom. The van der Waals surface area contributed by atoms with Crippen molar-refractivity contribution in [3.8, 4) is 51.0 Å². The highest BCUT2D eigenvalue weighted by atomic mass is 32.1. The maximum atomic E-state index is 13.2. The number of nitrogens with one attached hydrogen (secondary N) is 5. The summed E-state index contributed by atoms with van der Waals surface area (Å²) < 4.78 is 22.6. The smallest absolute Gasteiger partial charge is 0.275 e. The number of hydrogen-bond acceptors (Lipinski definition) is 20. The van der Waals surface area contributed by atoms with Gasteiger partial charge in [-0.2, -0.15) is 0 Å². The number of piperazine rings is 2. The van der Waals surface area contributed by atoms with E-state index in [0.29, 0.717) is 51.8 Å². The second-order valence-corrected chi connectivity index (χ2v) is 28.0. The lowest BCUT2D eigenvalue weighted by molar-refractivity contribution is 0.101. The number of likely N-dealkylation sites (tertiary alicyclic amines) is 1. The van der Waals surface area contributed by atoms with Crippen LogP contribution in [0, 0.1) is 0 Å². The molecule has 7 aromatic heterocycles. The predicted molar refractivity (Wildman–Crippen MR) is 411 cm³/mol. The summed E-state index contributed by atoms with van der Waals surface area (Å²) in [6.45, 7) is 12.4. The van der Waals surface area contributed by atoms with Crippen LogP contribution in [0.3, 0.4) is 0 Å². The summed E-state index contributed by atoms with van der Waals surface area (Å²) in [5.74, 6) is 0.538. The van der Waals surface area contributed by atoms with Crippen LogP contribution in [0.5, 0.6) is 17.2 Å². The third-order valence-electron chi connectivity index (χ3n) is 18.6. The molecule has 7 aromatic carbocycles. The van der Waals surface area contributed by atoms with Crippen LogP contribution in [0.15, 0.2) is 193 Å². The van der Waals surface area contributed by atoms with Gasteiger partial charge in [0.15, 0.2) is 26.4 Å². The molecule has 0 saturated carbocycles. The van der Waals surface area contributed by atoms with Crippen molar-refractivity contribution in [2.24, 2.45) is 0 Å². The first kappa shape index (κ1) is 69.0.